The molecule has 0 saturated heterocycles. The molecule has 2 aromatic carbocycles. The third-order valence-electron chi connectivity index (χ3n) is 5.77. The largest absolute Gasteiger partial charge is 0.325 e. The Kier molecular flexibility index (Phi) is 5.88. The summed E-state index contributed by atoms with van der Waals surface area (Å²) in [6.45, 7) is 0. The van der Waals surface area contributed by atoms with Gasteiger partial charge < -0.3 is 9.88 Å². The average Bonchev–Trinajstić information content (AvgIpc) is 3.76. The highest BCUT2D eigenvalue weighted by molar-refractivity contribution is 7.99. The Morgan fingerprint density at radius 3 is 2.55 bits per heavy atom. The number of benzene rings is 2. The number of hydrogen-bond donors (Lipinski definition) is 1. The van der Waals surface area contributed by atoms with E-state index in [4.69, 9.17) is 0 Å². The Morgan fingerprint density at radius 2 is 1.85 bits per heavy atom. The molecule has 0 bridgehead atoms. The number of amides is 1. The van der Waals surface area contributed by atoms with Crippen LogP contribution in [0.3, 0.4) is 0 Å². The fourth-order valence-corrected chi connectivity index (χ4v) is 5.73. The summed E-state index contributed by atoms with van der Waals surface area (Å²) in [5.74, 6) is 1.53. The molecule has 1 amide bonds. The highest BCUT2D eigenvalue weighted by atomic mass is 32.2. The number of rotatable bonds is 9. The van der Waals surface area contributed by atoms with E-state index in [1.54, 1.807) is 36.4 Å². The second kappa shape index (κ2) is 8.83. The van der Waals surface area contributed by atoms with Crippen molar-refractivity contribution in [3.05, 3.63) is 60.4 Å². The number of hydrogen-bond acceptors (Lipinski definition) is 6. The molecule has 2 aliphatic rings. The Hall–Kier alpha value is -2.85. The molecule has 2 aliphatic carbocycles. The Bertz CT molecular complexity index is 1270. The predicted octanol–water partition coefficient (Wildman–Crippen LogP) is 4.05. The van der Waals surface area contributed by atoms with Gasteiger partial charge in [-0.3, -0.25) is 9.10 Å². The molecule has 8 nitrogen and oxygen atoms in total. The molecule has 10 heteroatoms. The number of carbonyl (C=O) groups excluding carboxylic acids is 1. The third kappa shape index (κ3) is 4.77. The van der Waals surface area contributed by atoms with Gasteiger partial charge in [0, 0.05) is 24.7 Å². The van der Waals surface area contributed by atoms with Crippen molar-refractivity contribution < 1.29 is 13.2 Å². The van der Waals surface area contributed by atoms with E-state index in [-0.39, 0.29) is 16.6 Å². The molecule has 172 valence electrons. The zero-order valence-electron chi connectivity index (χ0n) is 18.2. The molecule has 0 spiro atoms. The average molecular weight is 484 g/mol. The van der Waals surface area contributed by atoms with Crippen molar-refractivity contribution in [3.63, 3.8) is 0 Å². The molecular weight excluding hydrogens is 458 g/mol. The quantitative estimate of drug-likeness (QED) is 0.461. The lowest BCUT2D eigenvalue weighted by atomic mass is 10.3. The van der Waals surface area contributed by atoms with Gasteiger partial charge in [0.15, 0.2) is 5.16 Å². The van der Waals surface area contributed by atoms with Crippen LogP contribution in [0.5, 0.6) is 0 Å². The number of aromatic nitrogens is 3. The molecule has 0 aliphatic heterocycles. The zero-order chi connectivity index (χ0) is 23.0. The summed E-state index contributed by atoms with van der Waals surface area (Å²) in [4.78, 5) is 12.7. The van der Waals surface area contributed by atoms with E-state index in [9.17, 15) is 13.2 Å². The van der Waals surface area contributed by atoms with Crippen LogP contribution in [-0.4, -0.2) is 41.9 Å². The smallest absolute Gasteiger partial charge is 0.264 e. The van der Waals surface area contributed by atoms with Crippen LogP contribution in [0.25, 0.3) is 0 Å². The van der Waals surface area contributed by atoms with Crippen LogP contribution in [-0.2, 0) is 14.8 Å². The summed E-state index contributed by atoms with van der Waals surface area (Å²) in [5.41, 5.74) is 0.999. The first kappa shape index (κ1) is 22.0. The Morgan fingerprint density at radius 1 is 1.09 bits per heavy atom. The second-order valence-corrected chi connectivity index (χ2v) is 11.3. The standard InChI is InChI=1S/C23H25N5O3S2/c1-27(18-7-3-2-4-8-18)33(30,31)20-9-5-6-17(14-20)24-21(29)15-32-23-26-25-22(16-10-11-16)28(23)19-12-13-19/h2-9,14,16,19H,10-13,15H2,1H3,(H,24,29). The monoisotopic (exact) mass is 483 g/mol. The number of thioether (sulfide) groups is 1. The summed E-state index contributed by atoms with van der Waals surface area (Å²) in [6.07, 6.45) is 4.59. The van der Waals surface area contributed by atoms with Crippen molar-refractivity contribution in [2.75, 3.05) is 22.4 Å². The normalized spacial score (nSPS) is 15.9. The minimum atomic E-state index is -3.76. The molecule has 2 fully saturated rings. The van der Waals surface area contributed by atoms with E-state index in [2.05, 4.69) is 20.1 Å². The minimum Gasteiger partial charge on any atom is -0.325 e. The fourth-order valence-electron chi connectivity index (χ4n) is 3.68. The van der Waals surface area contributed by atoms with Crippen LogP contribution >= 0.6 is 11.8 Å². The van der Waals surface area contributed by atoms with Crippen LogP contribution in [0.2, 0.25) is 0 Å². The lowest BCUT2D eigenvalue weighted by molar-refractivity contribution is -0.113. The van der Waals surface area contributed by atoms with Crippen LogP contribution in [0.4, 0.5) is 11.4 Å². The van der Waals surface area contributed by atoms with Crippen molar-refractivity contribution >= 4 is 39.1 Å². The highest BCUT2D eigenvalue weighted by Crippen LogP contribution is 2.46. The maximum absolute atomic E-state index is 13.0. The lowest BCUT2D eigenvalue weighted by Crippen LogP contribution is -2.26. The van der Waals surface area contributed by atoms with Gasteiger partial charge >= 0.3 is 0 Å². The summed E-state index contributed by atoms with van der Waals surface area (Å²) < 4.78 is 29.5. The van der Waals surface area contributed by atoms with Gasteiger partial charge in [-0.1, -0.05) is 36.0 Å². The number of nitrogens with zero attached hydrogens (tertiary/aromatic N) is 4. The van der Waals surface area contributed by atoms with E-state index in [0.717, 1.165) is 36.7 Å². The van der Waals surface area contributed by atoms with E-state index >= 15 is 0 Å². The van der Waals surface area contributed by atoms with Gasteiger partial charge in [-0.15, -0.1) is 10.2 Å². The topological polar surface area (TPSA) is 97.2 Å². The molecule has 5 rings (SSSR count). The predicted molar refractivity (Wildman–Crippen MR) is 128 cm³/mol. The van der Waals surface area contributed by atoms with E-state index in [0.29, 0.717) is 23.3 Å². The molecule has 1 aromatic heterocycles. The van der Waals surface area contributed by atoms with Crippen molar-refractivity contribution in [3.8, 4) is 0 Å². The van der Waals surface area contributed by atoms with Crippen molar-refractivity contribution in [1.82, 2.24) is 14.8 Å². The fraction of sp³-hybridized carbons (Fsp3) is 0.348. The van der Waals surface area contributed by atoms with Crippen molar-refractivity contribution in [1.29, 1.82) is 0 Å². The molecule has 1 N–H and O–H groups in total. The van der Waals surface area contributed by atoms with E-state index in [1.165, 1.54) is 35.2 Å². The van der Waals surface area contributed by atoms with Crippen LogP contribution in [0, 0.1) is 0 Å². The van der Waals surface area contributed by atoms with Crippen LogP contribution < -0.4 is 9.62 Å². The molecule has 33 heavy (non-hydrogen) atoms. The molecular formula is C23H25N5O3S2. The molecule has 2 saturated carbocycles. The van der Waals surface area contributed by atoms with Gasteiger partial charge in [0.05, 0.1) is 16.3 Å². The molecule has 0 radical (unpaired) electrons. The van der Waals surface area contributed by atoms with Gasteiger partial charge in [-0.2, -0.15) is 0 Å². The summed E-state index contributed by atoms with van der Waals surface area (Å²) in [7, 11) is -2.25. The van der Waals surface area contributed by atoms with Gasteiger partial charge in [-0.25, -0.2) is 8.42 Å². The van der Waals surface area contributed by atoms with Crippen molar-refractivity contribution in [2.24, 2.45) is 0 Å². The molecule has 0 unspecified atom stereocenters. The number of nitrogens with one attached hydrogen (secondary N) is 1. The van der Waals surface area contributed by atoms with E-state index in [1.807, 2.05) is 6.07 Å². The van der Waals surface area contributed by atoms with Crippen LogP contribution in [0.15, 0.2) is 64.6 Å². The first-order chi connectivity index (χ1) is 15.9. The van der Waals surface area contributed by atoms with Gasteiger partial charge in [0.2, 0.25) is 5.91 Å². The van der Waals surface area contributed by atoms with E-state index < -0.39 is 10.0 Å². The second-order valence-electron chi connectivity index (χ2n) is 8.39. The number of sulfonamides is 1. The minimum absolute atomic E-state index is 0.113. The first-order valence-electron chi connectivity index (χ1n) is 10.9. The lowest BCUT2D eigenvalue weighted by Gasteiger charge is -2.19. The summed E-state index contributed by atoms with van der Waals surface area (Å²) >= 11 is 1.37. The molecule has 0 atom stereocenters. The summed E-state index contributed by atoms with van der Waals surface area (Å²) in [5, 5.41) is 12.3. The molecule has 1 heterocycles. The summed E-state index contributed by atoms with van der Waals surface area (Å²) in [6, 6.07) is 15.6. The van der Waals surface area contributed by atoms with Crippen molar-refractivity contribution in [2.45, 2.75) is 47.7 Å². The van der Waals surface area contributed by atoms with Gasteiger partial charge in [0.25, 0.3) is 10.0 Å². The van der Waals surface area contributed by atoms with Crippen LogP contribution in [0.1, 0.15) is 43.5 Å². The maximum Gasteiger partial charge on any atom is 0.264 e. The first-order valence-corrected chi connectivity index (χ1v) is 13.4. The third-order valence-corrected chi connectivity index (χ3v) is 8.50. The van der Waals surface area contributed by atoms with Gasteiger partial charge in [0.1, 0.15) is 5.82 Å². The molecule has 3 aromatic rings. The number of para-hydroxylation sites is 1. The highest BCUT2D eigenvalue weighted by Gasteiger charge is 2.36. The zero-order valence-corrected chi connectivity index (χ0v) is 19.8. The Balaban J connectivity index is 1.25. The Labute approximate surface area is 197 Å². The maximum atomic E-state index is 13.0. The van der Waals surface area contributed by atoms with Gasteiger partial charge in [-0.05, 0) is 56.0 Å². The number of anilines is 2. The number of carbonyl (C=O) groups is 1. The SMILES string of the molecule is CN(c1ccccc1)S(=O)(=O)c1cccc(NC(=O)CSc2nnc(C3CC3)n2C2CC2)c1.